The Morgan fingerprint density at radius 3 is 0.656 bits per heavy atom. The Hall–Kier alpha value is -7.51. The minimum atomic E-state index is -1.67. The van der Waals surface area contributed by atoms with Gasteiger partial charge in [0.05, 0.1) is 23.7 Å². The van der Waals surface area contributed by atoms with Crippen molar-refractivity contribution in [1.82, 2.24) is 15.0 Å². The summed E-state index contributed by atoms with van der Waals surface area (Å²) in [6.45, 7) is 64.3. The Morgan fingerprint density at radius 2 is 0.472 bits per heavy atom. The first-order chi connectivity index (χ1) is 57.0. The molecule has 0 saturated heterocycles. The van der Waals surface area contributed by atoms with Crippen LogP contribution in [0.1, 0.15) is 402 Å². The fourth-order valence-corrected chi connectivity index (χ4v) is 18.9. The SMILES string of the molecule is CC(C)(C)c1cc(CC(CC(CC(Cc2cc(C(C)(C)C)c(O)c(C(C)(C)C)c2)C(=O)O)(CC(Cc2cc(C(C)(C)C)c(O)c(C(C)(C)C)c2)C(=O)O)CC(Cc2cc(C(C)(C)C)c(O)c(C(C)(C)C)c2)C(=O)O)C(=O)O)cc(C(C)(C)C)c1O.CCCCCCCCSc1nc(Nc2cc(C(C)(C)C)c(O)c(C(C)(C)C)c2)nc(SCCCCCCCC)n1. The number of phenols is 5. The minimum absolute atomic E-state index is 0.0956. The van der Waals surface area contributed by atoms with Crippen molar-refractivity contribution in [3.05, 3.63) is 139 Å². The Labute approximate surface area is 762 Å². The van der Waals surface area contributed by atoms with E-state index in [0.717, 1.165) is 38.6 Å². The third kappa shape index (κ3) is 32.0. The minimum Gasteiger partial charge on any atom is -0.507 e. The molecule has 0 radical (unpaired) electrons. The molecule has 4 atom stereocenters. The summed E-state index contributed by atoms with van der Waals surface area (Å²) in [4.78, 5) is 71.9. The van der Waals surface area contributed by atoms with Gasteiger partial charge in [-0.3, -0.25) is 19.2 Å². The zero-order valence-electron chi connectivity index (χ0n) is 83.0. The van der Waals surface area contributed by atoms with E-state index in [1.165, 1.54) is 77.0 Å². The molecule has 0 amide bonds. The van der Waals surface area contributed by atoms with Crippen molar-refractivity contribution in [3.8, 4) is 28.7 Å². The van der Waals surface area contributed by atoms with E-state index in [9.17, 15) is 65.1 Å². The van der Waals surface area contributed by atoms with E-state index in [-0.39, 0.29) is 85.2 Å². The van der Waals surface area contributed by atoms with E-state index in [1.54, 1.807) is 23.5 Å². The van der Waals surface area contributed by atoms with Gasteiger partial charge in [-0.15, -0.1) is 0 Å². The summed E-state index contributed by atoms with van der Waals surface area (Å²) < 4.78 is 0. The Morgan fingerprint density at radius 1 is 0.288 bits per heavy atom. The molecule has 698 valence electrons. The number of aromatic nitrogens is 3. The van der Waals surface area contributed by atoms with Crippen LogP contribution in [0.5, 0.6) is 28.7 Å². The lowest BCUT2D eigenvalue weighted by molar-refractivity contribution is -0.147. The van der Waals surface area contributed by atoms with Crippen molar-refractivity contribution >= 4 is 59.0 Å². The number of unbranched alkanes of at least 4 members (excludes halogenated alkanes) is 10. The van der Waals surface area contributed by atoms with Crippen LogP contribution in [0.4, 0.5) is 11.6 Å². The van der Waals surface area contributed by atoms with Crippen LogP contribution in [0.25, 0.3) is 0 Å². The number of carboxylic acid groups (broad SMARTS) is 4. The van der Waals surface area contributed by atoms with E-state index in [1.807, 2.05) is 227 Å². The highest BCUT2D eigenvalue weighted by Crippen LogP contribution is 2.52. The predicted molar refractivity (Wildman–Crippen MR) is 519 cm³/mol. The lowest BCUT2D eigenvalue weighted by atomic mass is 9.62. The van der Waals surface area contributed by atoms with E-state index < -0.39 is 96.3 Å². The lowest BCUT2D eigenvalue weighted by Crippen LogP contribution is -2.40. The van der Waals surface area contributed by atoms with Gasteiger partial charge in [0.1, 0.15) is 28.7 Å². The van der Waals surface area contributed by atoms with Gasteiger partial charge in [-0.25, -0.2) is 0 Å². The monoisotopic (exact) mass is 1770 g/mol. The number of aromatic hydroxyl groups is 5. The molecule has 6 aromatic rings. The van der Waals surface area contributed by atoms with Gasteiger partial charge in [-0.2, -0.15) is 15.0 Å². The third-order valence-electron chi connectivity index (χ3n) is 24.2. The second-order valence-electron chi connectivity index (χ2n) is 46.4. The highest BCUT2D eigenvalue weighted by Gasteiger charge is 2.47. The van der Waals surface area contributed by atoms with Crippen molar-refractivity contribution in [2.45, 2.75) is 414 Å². The number of anilines is 2. The van der Waals surface area contributed by atoms with Crippen LogP contribution in [-0.4, -0.2) is 96.3 Å². The van der Waals surface area contributed by atoms with E-state index >= 15 is 0 Å². The first kappa shape index (κ1) is 108. The number of carboxylic acids is 4. The molecule has 5 aromatic carbocycles. The van der Waals surface area contributed by atoms with E-state index in [4.69, 9.17) is 15.0 Å². The van der Waals surface area contributed by atoms with Crippen molar-refractivity contribution in [3.63, 3.8) is 0 Å². The number of hydrogen-bond donors (Lipinski definition) is 10. The van der Waals surface area contributed by atoms with Crippen molar-refractivity contribution in [1.29, 1.82) is 0 Å². The molecule has 0 fully saturated rings. The van der Waals surface area contributed by atoms with Gasteiger partial charge in [0.25, 0.3) is 0 Å². The Kier molecular flexibility index (Phi) is 37.4. The quantitative estimate of drug-likeness (QED) is 0.00978. The van der Waals surface area contributed by atoms with Crippen molar-refractivity contribution in [2.24, 2.45) is 29.1 Å². The number of carbonyl (C=O) groups is 4. The average molecular weight is 1770 g/mol. The molecule has 0 aliphatic heterocycles. The number of hydrogen-bond acceptors (Lipinski definition) is 15. The maximum absolute atomic E-state index is 14.4. The number of phenolic OH excluding ortho intramolecular Hbond substituents is 5. The molecule has 0 spiro atoms. The molecule has 4 unspecified atom stereocenters. The fraction of sp³-hybridized carbons (Fsp3) is 0.651. The first-order valence-electron chi connectivity index (χ1n) is 46.1. The summed E-state index contributed by atoms with van der Waals surface area (Å²) in [7, 11) is 0. The first-order valence-corrected chi connectivity index (χ1v) is 48.1. The van der Waals surface area contributed by atoms with Gasteiger partial charge in [-0.05, 0) is 203 Å². The molecule has 10 N–H and O–H groups in total. The largest absolute Gasteiger partial charge is 0.507 e. The van der Waals surface area contributed by atoms with Crippen LogP contribution >= 0.6 is 23.5 Å². The highest BCUT2D eigenvalue weighted by atomic mass is 32.2. The average Bonchev–Trinajstić information content (AvgIpc) is 0.793. The number of thioether (sulfide) groups is 2. The summed E-state index contributed by atoms with van der Waals surface area (Å²) in [5.41, 5.74) is 3.13. The van der Waals surface area contributed by atoms with E-state index in [2.05, 4.69) is 60.7 Å². The van der Waals surface area contributed by atoms with Crippen molar-refractivity contribution < 1.29 is 65.1 Å². The van der Waals surface area contributed by atoms with Gasteiger partial charge >= 0.3 is 23.9 Å². The van der Waals surface area contributed by atoms with Gasteiger partial charge < -0.3 is 51.3 Å². The molecule has 19 heteroatoms. The van der Waals surface area contributed by atoms with Crippen LogP contribution in [-0.2, 0) is 99.0 Å². The zero-order chi connectivity index (χ0) is 95.3. The molecule has 17 nitrogen and oxygen atoms in total. The smallest absolute Gasteiger partial charge is 0.306 e. The van der Waals surface area contributed by atoms with Crippen molar-refractivity contribution in [2.75, 3.05) is 16.8 Å². The molecule has 6 rings (SSSR count). The highest BCUT2D eigenvalue weighted by molar-refractivity contribution is 7.99. The number of nitrogens with zero attached hydrogens (tertiary/aromatic N) is 3. The second-order valence-corrected chi connectivity index (χ2v) is 48.6. The Bertz CT molecular complexity index is 3990. The molecular formula is C106H164N4O13S2. The molecule has 1 heterocycles. The maximum Gasteiger partial charge on any atom is 0.306 e. The van der Waals surface area contributed by atoms with Gasteiger partial charge in [0.15, 0.2) is 10.3 Å². The molecule has 125 heavy (non-hydrogen) atoms. The molecule has 0 aliphatic carbocycles. The number of benzene rings is 5. The van der Waals surface area contributed by atoms with Crippen LogP contribution < -0.4 is 5.32 Å². The number of nitrogens with one attached hydrogen (secondary N) is 1. The summed E-state index contributed by atoms with van der Waals surface area (Å²) in [6, 6.07) is 18.5. The van der Waals surface area contributed by atoms with Crippen LogP contribution in [0.2, 0.25) is 0 Å². The standard InChI is InChI=1S/C73H108O12.C33H56N4OS2/c1-65(2,3)49-29-41(30-50(57(49)74)66(4,5)6)25-45(61(78)79)37-73(38-46(62(80)81)26-42-31-51(67(7,8)9)58(75)52(32-42)68(10,11)12,39-47(63(82)83)27-43-33-53(69(13,14)15)59(76)54(34-43)70(16,17)18)40-48(64(84)85)28-44-35-55(71(19,20)21)60(77)56(36-44)72(22,23)24;1-9-11-13-15-17-19-21-39-30-35-29(36-31(37-30)40-22-20-18-16-14-12-10-2)34-25-23-26(32(3,4)5)28(38)27(24-25)33(6,7)8/h29-36,45-48,74-77H,25-28,37-40H2,1-24H3,(H,78,79)(H,80,81)(H,82,83)(H,84,85);23-24,38H,9-22H2,1-8H3,(H,34,35,36,37). The van der Waals surface area contributed by atoms with Crippen LogP contribution in [0.15, 0.2) is 71.0 Å². The molecular weight excluding hydrogens is 1600 g/mol. The van der Waals surface area contributed by atoms with E-state index in [0.29, 0.717) is 78.5 Å². The topological polar surface area (TPSA) is 301 Å². The van der Waals surface area contributed by atoms with Crippen LogP contribution in [0, 0.1) is 29.1 Å². The molecule has 0 bridgehead atoms. The summed E-state index contributed by atoms with van der Waals surface area (Å²) in [5.74, 6) is -6.91. The summed E-state index contributed by atoms with van der Waals surface area (Å²) >= 11 is 3.48. The van der Waals surface area contributed by atoms with Gasteiger partial charge in [0.2, 0.25) is 5.95 Å². The fourth-order valence-electron chi connectivity index (χ4n) is 17.1. The van der Waals surface area contributed by atoms with Gasteiger partial charge in [0, 0.05) is 28.3 Å². The molecule has 0 aliphatic rings. The maximum atomic E-state index is 14.4. The number of aliphatic carboxylic acids is 4. The number of rotatable bonds is 38. The second kappa shape index (κ2) is 43.3. The molecule has 1 aromatic heterocycles. The van der Waals surface area contributed by atoms with Gasteiger partial charge in [-0.1, -0.05) is 358 Å². The normalized spacial score (nSPS) is 14.4. The Balaban J connectivity index is 0.000000577. The summed E-state index contributed by atoms with van der Waals surface area (Å²) in [5, 5.41) is 110. The lowest BCUT2D eigenvalue weighted by Gasteiger charge is -2.42. The van der Waals surface area contributed by atoms with Crippen LogP contribution in [0.3, 0.4) is 0 Å². The summed E-state index contributed by atoms with van der Waals surface area (Å²) in [6.07, 6.45) is 13.6. The zero-order valence-corrected chi connectivity index (χ0v) is 84.6. The molecule has 0 saturated carbocycles. The predicted octanol–water partition coefficient (Wildman–Crippen LogP) is 27.3. The third-order valence-corrected chi connectivity index (χ3v) is 26.1.